The molecule has 2 aromatic carbocycles. The van der Waals surface area contributed by atoms with Crippen LogP contribution in [0.15, 0.2) is 60.7 Å². The second-order valence-electron chi connectivity index (χ2n) is 7.48. The molecule has 0 aliphatic carbocycles. The summed E-state index contributed by atoms with van der Waals surface area (Å²) in [6, 6.07) is 15.7. The van der Waals surface area contributed by atoms with Crippen molar-refractivity contribution in [3.63, 3.8) is 0 Å². The van der Waals surface area contributed by atoms with Crippen LogP contribution in [-0.2, 0) is 4.79 Å². The molecule has 1 aliphatic heterocycles. The summed E-state index contributed by atoms with van der Waals surface area (Å²) in [5.41, 5.74) is 2.56. The highest BCUT2D eigenvalue weighted by atomic mass is 32.1. The molecule has 0 spiro atoms. The second-order valence-corrected chi connectivity index (χ2v) is 8.60. The van der Waals surface area contributed by atoms with E-state index >= 15 is 0 Å². The maximum atomic E-state index is 14.0. The number of thiophene rings is 1. The number of carbonyl (C=O) groups is 2. The van der Waals surface area contributed by atoms with Crippen molar-refractivity contribution in [2.45, 2.75) is 19.8 Å². The van der Waals surface area contributed by atoms with Crippen LogP contribution in [0.1, 0.15) is 33.6 Å². The molecule has 0 atom stereocenters. The van der Waals surface area contributed by atoms with Crippen molar-refractivity contribution in [3.05, 3.63) is 82.5 Å². The molecule has 3 aromatic rings. The molecule has 0 saturated carbocycles. The highest BCUT2D eigenvalue weighted by Crippen LogP contribution is 2.30. The molecule has 1 aromatic heterocycles. The van der Waals surface area contributed by atoms with Crippen LogP contribution in [0.4, 0.5) is 10.1 Å². The van der Waals surface area contributed by atoms with Crippen LogP contribution in [0.25, 0.3) is 16.5 Å². The third kappa shape index (κ3) is 4.75. The molecule has 0 radical (unpaired) electrons. The lowest BCUT2D eigenvalue weighted by atomic mass is 10.1. The van der Waals surface area contributed by atoms with Gasteiger partial charge in [-0.1, -0.05) is 24.3 Å². The van der Waals surface area contributed by atoms with E-state index in [2.05, 4.69) is 5.32 Å². The Morgan fingerprint density at radius 3 is 2.58 bits per heavy atom. The first kappa shape index (κ1) is 21.0. The summed E-state index contributed by atoms with van der Waals surface area (Å²) in [6.45, 7) is 3.42. The maximum absolute atomic E-state index is 14.0. The Hall–Kier alpha value is -3.25. The molecule has 31 heavy (non-hydrogen) atoms. The van der Waals surface area contributed by atoms with Crippen molar-refractivity contribution in [1.82, 2.24) is 4.90 Å². The zero-order chi connectivity index (χ0) is 21.8. The van der Waals surface area contributed by atoms with Gasteiger partial charge in [0.2, 0.25) is 5.91 Å². The van der Waals surface area contributed by atoms with Gasteiger partial charge in [-0.15, -0.1) is 11.3 Å². The van der Waals surface area contributed by atoms with Crippen LogP contribution in [0, 0.1) is 12.7 Å². The number of amides is 2. The summed E-state index contributed by atoms with van der Waals surface area (Å²) in [6.07, 6.45) is 5.23. The number of carbonyl (C=O) groups excluding carboxylic acids is 2. The number of benzene rings is 2. The summed E-state index contributed by atoms with van der Waals surface area (Å²) in [4.78, 5) is 28.7. The zero-order valence-corrected chi connectivity index (χ0v) is 18.0. The first-order valence-electron chi connectivity index (χ1n) is 10.3. The number of hydrogen-bond acceptors (Lipinski definition) is 3. The SMILES string of the molecule is Cc1c(NC(=O)/C=C/c2ccc(-c3ccccc3F)s2)cccc1C(=O)N1CCCC1. The van der Waals surface area contributed by atoms with Crippen molar-refractivity contribution < 1.29 is 14.0 Å². The summed E-state index contributed by atoms with van der Waals surface area (Å²) >= 11 is 1.42. The number of hydrogen-bond donors (Lipinski definition) is 1. The van der Waals surface area contributed by atoms with E-state index in [1.54, 1.807) is 42.5 Å². The average molecular weight is 435 g/mol. The molecule has 4 nitrogen and oxygen atoms in total. The monoisotopic (exact) mass is 434 g/mol. The summed E-state index contributed by atoms with van der Waals surface area (Å²) in [5.74, 6) is -0.535. The van der Waals surface area contributed by atoms with Crippen LogP contribution in [0.3, 0.4) is 0 Å². The van der Waals surface area contributed by atoms with Gasteiger partial charge in [-0.2, -0.15) is 0 Å². The lowest BCUT2D eigenvalue weighted by molar-refractivity contribution is -0.111. The van der Waals surface area contributed by atoms with Gasteiger partial charge in [0.25, 0.3) is 5.91 Å². The first-order chi connectivity index (χ1) is 15.0. The highest BCUT2D eigenvalue weighted by Gasteiger charge is 2.21. The van der Waals surface area contributed by atoms with Crippen LogP contribution >= 0.6 is 11.3 Å². The number of nitrogens with zero attached hydrogens (tertiary/aromatic N) is 1. The van der Waals surface area contributed by atoms with Crippen LogP contribution in [-0.4, -0.2) is 29.8 Å². The number of rotatable bonds is 5. The van der Waals surface area contributed by atoms with Gasteiger partial charge in [-0.05, 0) is 61.7 Å². The van der Waals surface area contributed by atoms with Crippen molar-refractivity contribution >= 4 is 34.9 Å². The molecule has 158 valence electrons. The third-order valence-corrected chi connectivity index (χ3v) is 6.46. The summed E-state index contributed by atoms with van der Waals surface area (Å²) in [5, 5.41) is 2.86. The zero-order valence-electron chi connectivity index (χ0n) is 17.2. The largest absolute Gasteiger partial charge is 0.339 e. The van der Waals surface area contributed by atoms with Gasteiger partial charge in [0.15, 0.2) is 0 Å². The smallest absolute Gasteiger partial charge is 0.254 e. The van der Waals surface area contributed by atoms with Gasteiger partial charge in [0.1, 0.15) is 5.82 Å². The quantitative estimate of drug-likeness (QED) is 0.520. The first-order valence-corrected chi connectivity index (χ1v) is 11.1. The molecule has 0 unspecified atom stereocenters. The maximum Gasteiger partial charge on any atom is 0.254 e. The number of nitrogens with one attached hydrogen (secondary N) is 1. The van der Waals surface area contributed by atoms with Gasteiger partial charge >= 0.3 is 0 Å². The van der Waals surface area contributed by atoms with E-state index in [0.29, 0.717) is 16.8 Å². The van der Waals surface area contributed by atoms with Crippen LogP contribution in [0.2, 0.25) is 0 Å². The molecule has 2 heterocycles. The average Bonchev–Trinajstić information content (AvgIpc) is 3.46. The molecule has 1 N–H and O–H groups in total. The van der Waals surface area contributed by atoms with Crippen molar-refractivity contribution in [2.24, 2.45) is 0 Å². The van der Waals surface area contributed by atoms with E-state index < -0.39 is 0 Å². The summed E-state index contributed by atoms with van der Waals surface area (Å²) < 4.78 is 14.0. The Morgan fingerprint density at radius 2 is 1.81 bits per heavy atom. The Balaban J connectivity index is 1.45. The Kier molecular flexibility index (Phi) is 6.28. The predicted octanol–water partition coefficient (Wildman–Crippen LogP) is 5.75. The Morgan fingerprint density at radius 1 is 1.03 bits per heavy atom. The molecule has 0 bridgehead atoms. The van der Waals surface area contributed by atoms with E-state index in [1.807, 2.05) is 24.0 Å². The standard InChI is InChI=1S/C25H23FN2O2S/c1-17-19(25(30)28-15-4-5-16-28)8-6-10-22(17)27-24(29)14-12-18-11-13-23(31-18)20-7-2-3-9-21(20)26/h2-3,6-14H,4-5,15-16H2,1H3,(H,27,29)/b14-12+. The fourth-order valence-corrected chi connectivity index (χ4v) is 4.61. The van der Waals surface area contributed by atoms with Gasteiger partial charge in [0, 0.05) is 45.7 Å². The molecule has 1 saturated heterocycles. The highest BCUT2D eigenvalue weighted by molar-refractivity contribution is 7.16. The normalized spacial score (nSPS) is 13.7. The number of halogens is 1. The van der Waals surface area contributed by atoms with Crippen molar-refractivity contribution in [2.75, 3.05) is 18.4 Å². The minimum atomic E-state index is -0.283. The Bertz CT molecular complexity index is 1150. The van der Waals surface area contributed by atoms with Crippen LogP contribution < -0.4 is 5.32 Å². The molecule has 1 fully saturated rings. The van der Waals surface area contributed by atoms with E-state index in [9.17, 15) is 14.0 Å². The minimum absolute atomic E-state index is 0.0147. The van der Waals surface area contributed by atoms with Crippen molar-refractivity contribution in [1.29, 1.82) is 0 Å². The molecule has 6 heteroatoms. The van der Waals surface area contributed by atoms with Crippen molar-refractivity contribution in [3.8, 4) is 10.4 Å². The van der Waals surface area contributed by atoms with Crippen LogP contribution in [0.5, 0.6) is 0 Å². The molecule has 4 rings (SSSR count). The van der Waals surface area contributed by atoms with Gasteiger partial charge < -0.3 is 10.2 Å². The van der Waals surface area contributed by atoms with E-state index in [0.717, 1.165) is 41.2 Å². The lowest BCUT2D eigenvalue weighted by Crippen LogP contribution is -2.28. The topological polar surface area (TPSA) is 49.4 Å². The van der Waals surface area contributed by atoms with E-state index in [1.165, 1.54) is 23.5 Å². The fraction of sp³-hybridized carbons (Fsp3) is 0.200. The second kappa shape index (κ2) is 9.27. The van der Waals surface area contributed by atoms with E-state index in [-0.39, 0.29) is 17.6 Å². The summed E-state index contributed by atoms with van der Waals surface area (Å²) in [7, 11) is 0. The molecular formula is C25H23FN2O2S. The van der Waals surface area contributed by atoms with Gasteiger partial charge in [0.05, 0.1) is 0 Å². The predicted molar refractivity (Wildman–Crippen MR) is 124 cm³/mol. The minimum Gasteiger partial charge on any atom is -0.339 e. The molecule has 1 aliphatic rings. The number of likely N-dealkylation sites (tertiary alicyclic amines) is 1. The van der Waals surface area contributed by atoms with Gasteiger partial charge in [-0.25, -0.2) is 4.39 Å². The molecule has 2 amide bonds. The molecular weight excluding hydrogens is 411 g/mol. The Labute approximate surface area is 185 Å². The van der Waals surface area contributed by atoms with E-state index in [4.69, 9.17) is 0 Å². The number of anilines is 1. The fourth-order valence-electron chi connectivity index (χ4n) is 3.67. The third-order valence-electron chi connectivity index (χ3n) is 5.38. The van der Waals surface area contributed by atoms with Gasteiger partial charge in [-0.3, -0.25) is 9.59 Å². The lowest BCUT2D eigenvalue weighted by Gasteiger charge is -2.18.